The Bertz CT molecular complexity index is 2730. The number of esters is 1. The summed E-state index contributed by atoms with van der Waals surface area (Å²) in [6.45, 7) is 15.1. The van der Waals surface area contributed by atoms with Crippen molar-refractivity contribution < 1.29 is 51.9 Å². The highest BCUT2D eigenvalue weighted by Crippen LogP contribution is 2.50. The van der Waals surface area contributed by atoms with Crippen molar-refractivity contribution in [1.82, 2.24) is 0 Å². The van der Waals surface area contributed by atoms with Crippen LogP contribution in [0.2, 0.25) is 10.1 Å². The molecule has 77 heavy (non-hydrogen) atoms. The summed E-state index contributed by atoms with van der Waals surface area (Å²) in [5.41, 5.74) is 3.59. The van der Waals surface area contributed by atoms with Gasteiger partial charge in [-0.05, 0) is 74.2 Å². The third kappa shape index (κ3) is 12.6. The normalized spacial score (nSPS) is 17.4. The Morgan fingerprint density at radius 2 is 0.805 bits per heavy atom. The van der Waals surface area contributed by atoms with Crippen LogP contribution < -0.4 is 49.2 Å². The van der Waals surface area contributed by atoms with Crippen LogP contribution in [0.3, 0.4) is 0 Å². The van der Waals surface area contributed by atoms with Crippen LogP contribution in [0.15, 0.2) is 133 Å². The third-order valence-electron chi connectivity index (χ3n) is 14.9. The number of rotatable bonds is 15. The lowest BCUT2D eigenvalue weighted by Crippen LogP contribution is -2.67. The molecule has 13 heteroatoms. The van der Waals surface area contributed by atoms with Crippen LogP contribution in [0.4, 0.5) is 0 Å². The topological polar surface area (TPSA) is 120 Å². The van der Waals surface area contributed by atoms with Crippen molar-refractivity contribution in [3.8, 4) is 34.5 Å². The first-order valence-electron chi connectivity index (χ1n) is 26.0. The number of methoxy groups -OCH3 is 6. The smallest absolute Gasteiger partial charge is 0.303 e. The summed E-state index contributed by atoms with van der Waals surface area (Å²) in [5.74, 6) is 3.07. The van der Waals surface area contributed by atoms with Crippen LogP contribution >= 0.6 is 0 Å². The molecule has 0 spiro atoms. The number of aliphatic hydroxyl groups excluding tert-OH is 1. The summed E-state index contributed by atoms with van der Waals surface area (Å²) < 4.78 is 54.9. The molecule has 8 rings (SSSR count). The number of carbonyl (C=O) groups is 1. The van der Waals surface area contributed by atoms with Crippen LogP contribution in [0.5, 0.6) is 34.5 Å². The van der Waals surface area contributed by atoms with Gasteiger partial charge in [0.05, 0.1) is 48.8 Å². The quantitative estimate of drug-likeness (QED) is 0.0601. The van der Waals surface area contributed by atoms with Crippen LogP contribution in [-0.2, 0) is 31.2 Å². The maximum Gasteiger partial charge on any atom is 0.303 e. The molecule has 11 nitrogen and oxygen atoms in total. The largest absolute Gasteiger partial charge is 0.493 e. The zero-order valence-electron chi connectivity index (χ0n) is 46.3. The second-order valence-corrected chi connectivity index (χ2v) is 29.9. The first-order valence-corrected chi connectivity index (χ1v) is 29.8. The average molecular weight is 1090 g/mol. The number of fused-ring (bicyclic) bond motifs is 2. The SMILES string of the molecule is C.C.COc1cc2c(c(OC)c1OC)CC[C@H](O[Si](c1ccccc1)(c1ccccc1)C(C)(C)C)CC2O.COc1cc2c(c(OC)c1OC)CC[C@H](O[Si](c1ccccc1)(c1ccccc1)C(C)(C)C)CC2OC(C)=O. The van der Waals surface area contributed by atoms with E-state index >= 15 is 0 Å². The molecule has 0 aromatic heterocycles. The van der Waals surface area contributed by atoms with Gasteiger partial charge >= 0.3 is 5.97 Å². The minimum Gasteiger partial charge on any atom is -0.493 e. The van der Waals surface area contributed by atoms with Gasteiger partial charge in [-0.2, -0.15) is 0 Å². The van der Waals surface area contributed by atoms with E-state index in [1.54, 1.807) is 42.7 Å². The minimum absolute atomic E-state index is 0. The van der Waals surface area contributed by atoms with E-state index in [1.807, 2.05) is 24.3 Å². The fourth-order valence-electron chi connectivity index (χ4n) is 11.6. The van der Waals surface area contributed by atoms with E-state index in [2.05, 4.69) is 151 Å². The molecule has 0 saturated heterocycles. The van der Waals surface area contributed by atoms with Crippen LogP contribution in [-0.4, -0.2) is 82.6 Å². The standard InChI is InChI=1S/C32H40O6Si.C30H38O5Si.2CH4/c1-22(33)37-28-20-23(18-19-26-27(28)21-29(34-5)31(36-7)30(26)35-6)38-39(32(2,3)4,24-14-10-8-11-15-24)25-16-12-9-13-17-25;1-30(2,3)36(22-13-9-7-10-14-22,23-15-11-8-12-16-23)35-21-17-18-24-25(26(31)19-21)20-27(32-4)29(34-6)28(24)33-5;;/h8-17,21,23,28H,18-20H2,1-7H3;7-16,20-21,26,31H,17-19H2,1-6H3;2*1H4/t23-,28?;21-,26?;;/m00../s1. The van der Waals surface area contributed by atoms with Gasteiger partial charge in [-0.3, -0.25) is 4.79 Å². The number of carbonyl (C=O) groups excluding carboxylic acids is 1. The fraction of sp³-hybridized carbons (Fsp3) is 0.422. The Balaban J connectivity index is 0.000000278. The molecular weight excluding hydrogens is 1000 g/mol. The molecule has 0 radical (unpaired) electrons. The highest BCUT2D eigenvalue weighted by molar-refractivity contribution is 7.00. The third-order valence-corrected chi connectivity index (χ3v) is 25.0. The minimum atomic E-state index is -2.81. The number of hydrogen-bond donors (Lipinski definition) is 1. The summed E-state index contributed by atoms with van der Waals surface area (Å²) in [7, 11) is 4.10. The first-order chi connectivity index (χ1) is 35.9. The Hall–Kier alpha value is -6.10. The van der Waals surface area contributed by atoms with Crippen LogP contribution in [0, 0.1) is 0 Å². The molecule has 0 fully saturated rings. The first kappa shape index (κ1) is 61.8. The summed E-state index contributed by atoms with van der Waals surface area (Å²) in [5, 5.41) is 16.0. The van der Waals surface area contributed by atoms with Gasteiger partial charge in [0.2, 0.25) is 11.5 Å². The number of aliphatic hydroxyl groups is 1. The van der Waals surface area contributed by atoms with E-state index in [1.165, 1.54) is 27.7 Å². The average Bonchev–Trinajstić information content (AvgIpc) is 3.76. The van der Waals surface area contributed by atoms with Crippen molar-refractivity contribution in [2.24, 2.45) is 0 Å². The summed E-state index contributed by atoms with van der Waals surface area (Å²) in [6.07, 6.45) is 2.37. The number of hydrogen-bond acceptors (Lipinski definition) is 11. The van der Waals surface area contributed by atoms with E-state index in [4.69, 9.17) is 42.0 Å². The monoisotopic (exact) mass is 1090 g/mol. The predicted molar refractivity (Wildman–Crippen MR) is 316 cm³/mol. The second-order valence-electron chi connectivity index (χ2n) is 21.4. The molecule has 0 heterocycles. The zero-order valence-corrected chi connectivity index (χ0v) is 48.3. The van der Waals surface area contributed by atoms with Gasteiger partial charge in [0.1, 0.15) is 6.10 Å². The van der Waals surface area contributed by atoms with Crippen LogP contribution in [0.1, 0.15) is 123 Å². The fourth-order valence-corrected chi connectivity index (χ4v) is 21.0. The summed E-state index contributed by atoms with van der Waals surface area (Å²) >= 11 is 0. The van der Waals surface area contributed by atoms with E-state index in [0.29, 0.717) is 60.2 Å². The van der Waals surface area contributed by atoms with E-state index < -0.39 is 28.8 Å². The molecule has 416 valence electrons. The molecule has 0 amide bonds. The highest BCUT2D eigenvalue weighted by Gasteiger charge is 2.53. The molecule has 1 N–H and O–H groups in total. The van der Waals surface area contributed by atoms with Crippen molar-refractivity contribution in [2.75, 3.05) is 42.7 Å². The maximum atomic E-state index is 12.3. The lowest BCUT2D eigenvalue weighted by molar-refractivity contribution is -0.148. The summed E-state index contributed by atoms with van der Waals surface area (Å²) in [4.78, 5) is 12.3. The molecule has 0 bridgehead atoms. The molecule has 0 aliphatic heterocycles. The van der Waals surface area contributed by atoms with Crippen molar-refractivity contribution in [3.63, 3.8) is 0 Å². The van der Waals surface area contributed by atoms with Crippen molar-refractivity contribution in [3.05, 3.63) is 156 Å². The Kier molecular flexibility index (Phi) is 21.3. The van der Waals surface area contributed by atoms with Crippen molar-refractivity contribution in [1.29, 1.82) is 0 Å². The van der Waals surface area contributed by atoms with E-state index in [0.717, 1.165) is 35.1 Å². The predicted octanol–water partition coefficient (Wildman–Crippen LogP) is 11.9. The van der Waals surface area contributed by atoms with Gasteiger partial charge in [0, 0.05) is 48.7 Å². The van der Waals surface area contributed by atoms with Gasteiger partial charge in [-0.15, -0.1) is 0 Å². The maximum absolute atomic E-state index is 12.3. The molecule has 4 atom stereocenters. The van der Waals surface area contributed by atoms with E-state index in [9.17, 15) is 9.90 Å². The molecule has 0 saturated carbocycles. The van der Waals surface area contributed by atoms with Gasteiger partial charge in [0.15, 0.2) is 23.0 Å². The van der Waals surface area contributed by atoms with E-state index in [-0.39, 0.29) is 43.1 Å². The molecule has 6 aromatic carbocycles. The number of ether oxygens (including phenoxy) is 7. The highest BCUT2D eigenvalue weighted by atomic mass is 28.4. The zero-order chi connectivity index (χ0) is 54.1. The number of benzene rings is 6. The molecule has 2 aliphatic carbocycles. The summed E-state index contributed by atoms with van der Waals surface area (Å²) in [6, 6.07) is 46.3. The second kappa shape index (κ2) is 26.5. The van der Waals surface area contributed by atoms with Crippen molar-refractivity contribution >= 4 is 43.4 Å². The Morgan fingerprint density at radius 3 is 1.12 bits per heavy atom. The van der Waals surface area contributed by atoms with Gasteiger partial charge in [-0.25, -0.2) is 0 Å². The molecule has 2 aliphatic rings. The lowest BCUT2D eigenvalue weighted by Gasteiger charge is -2.45. The van der Waals surface area contributed by atoms with Gasteiger partial charge < -0.3 is 47.1 Å². The van der Waals surface area contributed by atoms with Gasteiger partial charge in [0.25, 0.3) is 16.6 Å². The van der Waals surface area contributed by atoms with Crippen molar-refractivity contribution in [2.45, 2.75) is 136 Å². The Labute approximate surface area is 462 Å². The van der Waals surface area contributed by atoms with Crippen LogP contribution in [0.25, 0.3) is 0 Å². The molecule has 2 unspecified atom stereocenters. The molecular formula is C64H86O11Si2. The van der Waals surface area contributed by atoms with Gasteiger partial charge in [-0.1, -0.05) is 178 Å². The molecule has 6 aromatic rings. The Morgan fingerprint density at radius 1 is 0.481 bits per heavy atom. The lowest BCUT2D eigenvalue weighted by atomic mass is 9.98.